The number of carbonyl (C=O) groups excluding carboxylic acids is 2. The van der Waals surface area contributed by atoms with Crippen LogP contribution in [0.15, 0.2) is 41.3 Å². The highest BCUT2D eigenvalue weighted by molar-refractivity contribution is 6.30. The fraction of sp³-hybridized carbons (Fsp3) is 0.500. The first-order valence-corrected chi connectivity index (χ1v) is 14.1. The number of nitrogens with one attached hydrogen (secondary N) is 2. The van der Waals surface area contributed by atoms with Crippen LogP contribution in [0, 0.1) is 0 Å². The zero-order valence-electron chi connectivity index (χ0n) is 21.8. The molecule has 2 aliphatic rings. The maximum atomic E-state index is 13.4. The van der Waals surface area contributed by atoms with E-state index in [1.807, 2.05) is 29.2 Å². The average Bonchev–Trinajstić information content (AvgIpc) is 3.53. The third-order valence-corrected chi connectivity index (χ3v) is 7.77. The van der Waals surface area contributed by atoms with E-state index >= 15 is 0 Å². The van der Waals surface area contributed by atoms with Crippen LogP contribution < -0.4 is 21.1 Å². The summed E-state index contributed by atoms with van der Waals surface area (Å²) in [6.07, 6.45) is 8.74. The second kappa shape index (κ2) is 11.6. The van der Waals surface area contributed by atoms with Crippen LogP contribution in [0.2, 0.25) is 5.02 Å². The zero-order valence-corrected chi connectivity index (χ0v) is 22.5. The van der Waals surface area contributed by atoms with Gasteiger partial charge in [-0.25, -0.2) is 4.98 Å². The lowest BCUT2D eigenvalue weighted by Crippen LogP contribution is -2.52. The van der Waals surface area contributed by atoms with E-state index in [9.17, 15) is 14.4 Å². The molecule has 2 fully saturated rings. The number of halogens is 1. The molecule has 0 bridgehead atoms. The summed E-state index contributed by atoms with van der Waals surface area (Å²) >= 11 is 6.07. The quantitative estimate of drug-likeness (QED) is 0.425. The molecular weight excluding hydrogens is 504 g/mol. The van der Waals surface area contributed by atoms with Crippen molar-refractivity contribution in [3.63, 3.8) is 0 Å². The van der Waals surface area contributed by atoms with E-state index < -0.39 is 12.1 Å². The molecule has 5 rings (SSSR count). The molecule has 0 radical (unpaired) electrons. The summed E-state index contributed by atoms with van der Waals surface area (Å²) in [5.41, 5.74) is 1.37. The molecule has 2 amide bonds. The van der Waals surface area contributed by atoms with Gasteiger partial charge in [0.1, 0.15) is 17.9 Å². The highest BCUT2D eigenvalue weighted by Crippen LogP contribution is 2.28. The van der Waals surface area contributed by atoms with E-state index in [4.69, 9.17) is 16.6 Å². The fourth-order valence-corrected chi connectivity index (χ4v) is 5.60. The molecule has 2 saturated heterocycles. The molecule has 3 aromatic rings. The van der Waals surface area contributed by atoms with E-state index in [0.29, 0.717) is 54.8 Å². The number of carbonyl (C=O) groups is 2. The van der Waals surface area contributed by atoms with Gasteiger partial charge < -0.3 is 15.5 Å². The summed E-state index contributed by atoms with van der Waals surface area (Å²) in [5, 5.41) is 6.52. The lowest BCUT2D eigenvalue weighted by atomic mass is 10.1. The summed E-state index contributed by atoms with van der Waals surface area (Å²) in [7, 11) is 0. The Balaban J connectivity index is 1.50. The Bertz CT molecular complexity index is 1370. The van der Waals surface area contributed by atoms with Crippen molar-refractivity contribution in [1.82, 2.24) is 24.6 Å². The zero-order chi connectivity index (χ0) is 26.6. The predicted molar refractivity (Wildman–Crippen MR) is 149 cm³/mol. The number of nitrogens with zero attached hydrogens (tertiary/aromatic N) is 4. The lowest BCUT2D eigenvalue weighted by molar-refractivity contribution is -0.129. The highest BCUT2D eigenvalue weighted by atomic mass is 35.5. The van der Waals surface area contributed by atoms with Crippen LogP contribution >= 0.6 is 11.6 Å². The van der Waals surface area contributed by atoms with Crippen molar-refractivity contribution in [3.05, 3.63) is 51.9 Å². The van der Waals surface area contributed by atoms with Gasteiger partial charge in [0.2, 0.25) is 17.6 Å². The molecule has 202 valence electrons. The third kappa shape index (κ3) is 5.43. The van der Waals surface area contributed by atoms with Crippen LogP contribution in [-0.4, -0.2) is 50.9 Å². The topological polar surface area (TPSA) is 101 Å². The third-order valence-electron chi connectivity index (χ3n) is 7.52. The van der Waals surface area contributed by atoms with Gasteiger partial charge in [0.15, 0.2) is 0 Å². The molecule has 1 aromatic carbocycles. The van der Waals surface area contributed by atoms with Gasteiger partial charge in [-0.15, -0.1) is 0 Å². The van der Waals surface area contributed by atoms with Crippen molar-refractivity contribution in [2.75, 3.05) is 18.0 Å². The molecule has 0 spiro atoms. The molecule has 2 aromatic heterocycles. The maximum absolute atomic E-state index is 13.4. The molecule has 2 atom stereocenters. The Hall–Kier alpha value is -3.33. The summed E-state index contributed by atoms with van der Waals surface area (Å²) in [6.45, 7) is 4.14. The molecule has 0 aliphatic carbocycles. The monoisotopic (exact) mass is 538 g/mol. The van der Waals surface area contributed by atoms with Gasteiger partial charge in [-0.05, 0) is 50.7 Å². The standard InChI is InChI=1S/C28H35ClN6O3/c1-2-3-6-15-34-24(17-25(36)35-18-22(32-28(34)35)19-10-12-20(29)13-11-19)33-16-7-9-23(33)27(38)31-21-8-4-5-14-30-26(21)37/h10-13,17-18,21,23H,2-9,14-16H2,1H3,(H,30,37)(H,31,38)/t21-,23-/m0/s1. The summed E-state index contributed by atoms with van der Waals surface area (Å²) in [6, 6.07) is 8.05. The Morgan fingerprint density at radius 2 is 1.95 bits per heavy atom. The van der Waals surface area contributed by atoms with E-state index in [-0.39, 0.29) is 17.4 Å². The Labute approximate surface area is 227 Å². The SMILES string of the molecule is CCCCCn1c(N2CCC[C@H]2C(=O)N[C@H]2CCCCNC2=O)cc(=O)n2cc(-c3ccc(Cl)cc3)nc12. The smallest absolute Gasteiger partial charge is 0.261 e. The summed E-state index contributed by atoms with van der Waals surface area (Å²) in [5.74, 6) is 0.977. The van der Waals surface area contributed by atoms with Gasteiger partial charge in [-0.2, -0.15) is 0 Å². The molecule has 2 N–H and O–H groups in total. The van der Waals surface area contributed by atoms with Crippen LogP contribution in [-0.2, 0) is 16.1 Å². The number of benzene rings is 1. The van der Waals surface area contributed by atoms with Gasteiger partial charge in [0.05, 0.1) is 5.69 Å². The van der Waals surface area contributed by atoms with Gasteiger partial charge in [-0.1, -0.05) is 43.5 Å². The number of hydrogen-bond acceptors (Lipinski definition) is 5. The van der Waals surface area contributed by atoms with Gasteiger partial charge in [0.25, 0.3) is 5.56 Å². The van der Waals surface area contributed by atoms with Crippen molar-refractivity contribution >= 4 is 35.0 Å². The number of fused-ring (bicyclic) bond motifs is 1. The molecule has 38 heavy (non-hydrogen) atoms. The van der Waals surface area contributed by atoms with Crippen molar-refractivity contribution in [2.24, 2.45) is 0 Å². The first kappa shape index (κ1) is 26.3. The molecule has 10 heteroatoms. The number of rotatable bonds is 8. The predicted octanol–water partition coefficient (Wildman–Crippen LogP) is 3.76. The molecule has 9 nitrogen and oxygen atoms in total. The van der Waals surface area contributed by atoms with Crippen LogP contribution in [0.5, 0.6) is 0 Å². The second-order valence-corrected chi connectivity index (χ2v) is 10.6. The number of hydrogen-bond donors (Lipinski definition) is 2. The maximum Gasteiger partial charge on any atom is 0.261 e. The van der Waals surface area contributed by atoms with E-state index in [1.165, 1.54) is 0 Å². The minimum absolute atomic E-state index is 0.120. The van der Waals surface area contributed by atoms with Crippen LogP contribution in [0.25, 0.3) is 17.0 Å². The number of imidazole rings is 1. The number of amides is 2. The van der Waals surface area contributed by atoms with Gasteiger partial charge in [-0.3, -0.25) is 23.4 Å². The molecular formula is C28H35ClN6O3. The van der Waals surface area contributed by atoms with E-state index in [0.717, 1.165) is 44.1 Å². The average molecular weight is 539 g/mol. The Kier molecular flexibility index (Phi) is 8.02. The highest BCUT2D eigenvalue weighted by Gasteiger charge is 2.35. The van der Waals surface area contributed by atoms with Crippen molar-refractivity contribution in [1.29, 1.82) is 0 Å². The van der Waals surface area contributed by atoms with Crippen molar-refractivity contribution < 1.29 is 9.59 Å². The number of aryl methyl sites for hydroxylation is 1. The summed E-state index contributed by atoms with van der Waals surface area (Å²) < 4.78 is 3.65. The Morgan fingerprint density at radius 1 is 1.13 bits per heavy atom. The first-order chi connectivity index (χ1) is 18.5. The summed E-state index contributed by atoms with van der Waals surface area (Å²) in [4.78, 5) is 46.1. The second-order valence-electron chi connectivity index (χ2n) is 10.2. The minimum atomic E-state index is -0.518. The van der Waals surface area contributed by atoms with E-state index in [1.54, 1.807) is 16.7 Å². The van der Waals surface area contributed by atoms with Crippen molar-refractivity contribution in [2.45, 2.75) is 76.9 Å². The number of anilines is 1. The fourth-order valence-electron chi connectivity index (χ4n) is 5.47. The minimum Gasteiger partial charge on any atom is -0.354 e. The molecule has 4 heterocycles. The largest absolute Gasteiger partial charge is 0.354 e. The van der Waals surface area contributed by atoms with Gasteiger partial charge in [0, 0.05) is 42.5 Å². The van der Waals surface area contributed by atoms with Crippen LogP contribution in [0.1, 0.15) is 58.3 Å². The van der Waals surface area contributed by atoms with Crippen molar-refractivity contribution in [3.8, 4) is 11.3 Å². The van der Waals surface area contributed by atoms with Crippen LogP contribution in [0.4, 0.5) is 5.82 Å². The lowest BCUT2D eigenvalue weighted by Gasteiger charge is -2.30. The number of unbranched alkanes of at least 4 members (excludes halogenated alkanes) is 2. The number of aromatic nitrogens is 3. The van der Waals surface area contributed by atoms with Gasteiger partial charge >= 0.3 is 0 Å². The molecule has 2 aliphatic heterocycles. The molecule has 0 unspecified atom stereocenters. The normalized spacial score (nSPS) is 19.9. The van der Waals surface area contributed by atoms with E-state index in [2.05, 4.69) is 22.1 Å². The first-order valence-electron chi connectivity index (χ1n) is 13.7. The van der Waals surface area contributed by atoms with Crippen LogP contribution in [0.3, 0.4) is 0 Å². The Morgan fingerprint density at radius 3 is 2.74 bits per heavy atom. The molecule has 0 saturated carbocycles.